The normalized spacial score (nSPS) is 11.2. The molecule has 2 aromatic rings. The molecule has 0 atom stereocenters. The number of rotatable bonds is 9. The standard InChI is InChI=1S/C19H22N2O7S/c1-5-27-15-6-8-16(9-7-15)29(23,24)21-20-12-14-10-17(25-3)19(28-13(2)22)18(11-14)26-4/h6-12,21H,5H2,1-4H3. The lowest BCUT2D eigenvalue weighted by Gasteiger charge is -2.13. The number of ether oxygens (including phenoxy) is 4. The van der Waals surface area contributed by atoms with E-state index >= 15 is 0 Å². The lowest BCUT2D eigenvalue weighted by molar-refractivity contribution is -0.132. The van der Waals surface area contributed by atoms with Gasteiger partial charge in [0.25, 0.3) is 10.0 Å². The summed E-state index contributed by atoms with van der Waals surface area (Å²) < 4.78 is 45.5. The van der Waals surface area contributed by atoms with Crippen LogP contribution in [0.25, 0.3) is 0 Å². The fraction of sp³-hybridized carbons (Fsp3) is 0.263. The molecule has 0 unspecified atom stereocenters. The second-order valence-electron chi connectivity index (χ2n) is 5.61. The molecule has 0 saturated carbocycles. The fourth-order valence-corrected chi connectivity index (χ4v) is 3.11. The highest BCUT2D eigenvalue weighted by atomic mass is 32.2. The minimum absolute atomic E-state index is 0.0403. The third-order valence-corrected chi connectivity index (χ3v) is 4.80. The first-order valence-electron chi connectivity index (χ1n) is 8.53. The van der Waals surface area contributed by atoms with Gasteiger partial charge in [0.2, 0.25) is 5.75 Å². The van der Waals surface area contributed by atoms with Crippen LogP contribution in [0.3, 0.4) is 0 Å². The second kappa shape index (κ2) is 9.78. The third-order valence-electron chi connectivity index (χ3n) is 3.56. The maximum Gasteiger partial charge on any atom is 0.308 e. The van der Waals surface area contributed by atoms with Gasteiger partial charge in [0, 0.05) is 12.5 Å². The van der Waals surface area contributed by atoms with E-state index < -0.39 is 16.0 Å². The van der Waals surface area contributed by atoms with Crippen LogP contribution in [0.2, 0.25) is 0 Å². The molecule has 0 aromatic heterocycles. The molecule has 2 rings (SSSR count). The number of sulfonamides is 1. The number of carbonyl (C=O) groups is 1. The topological polar surface area (TPSA) is 113 Å². The van der Waals surface area contributed by atoms with E-state index in [1.165, 1.54) is 51.6 Å². The van der Waals surface area contributed by atoms with Crippen LogP contribution in [0.5, 0.6) is 23.0 Å². The number of nitrogens with zero attached hydrogens (tertiary/aromatic N) is 1. The highest BCUT2D eigenvalue weighted by molar-refractivity contribution is 7.89. The molecule has 9 nitrogen and oxygen atoms in total. The number of hydrazone groups is 1. The van der Waals surface area contributed by atoms with E-state index in [1.54, 1.807) is 12.1 Å². The Balaban J connectivity index is 2.21. The van der Waals surface area contributed by atoms with E-state index in [0.29, 0.717) is 17.9 Å². The van der Waals surface area contributed by atoms with Gasteiger partial charge < -0.3 is 18.9 Å². The molecule has 29 heavy (non-hydrogen) atoms. The molecule has 0 saturated heterocycles. The predicted molar refractivity (Wildman–Crippen MR) is 106 cm³/mol. The summed E-state index contributed by atoms with van der Waals surface area (Å²) >= 11 is 0. The zero-order valence-electron chi connectivity index (χ0n) is 16.5. The molecular weight excluding hydrogens is 400 g/mol. The average Bonchev–Trinajstić information content (AvgIpc) is 2.69. The van der Waals surface area contributed by atoms with Crippen molar-refractivity contribution >= 4 is 22.2 Å². The molecular formula is C19H22N2O7S. The van der Waals surface area contributed by atoms with Gasteiger partial charge >= 0.3 is 5.97 Å². The zero-order valence-corrected chi connectivity index (χ0v) is 17.3. The van der Waals surface area contributed by atoms with E-state index in [1.807, 2.05) is 6.92 Å². The number of benzene rings is 2. The maximum absolute atomic E-state index is 12.3. The van der Waals surface area contributed by atoms with Crippen LogP contribution in [0.4, 0.5) is 0 Å². The molecule has 0 aliphatic heterocycles. The van der Waals surface area contributed by atoms with Gasteiger partial charge in [-0.25, -0.2) is 4.83 Å². The molecule has 0 amide bonds. The van der Waals surface area contributed by atoms with Gasteiger partial charge in [0.15, 0.2) is 11.5 Å². The highest BCUT2D eigenvalue weighted by Gasteiger charge is 2.16. The predicted octanol–water partition coefficient (Wildman–Crippen LogP) is 2.34. The van der Waals surface area contributed by atoms with Gasteiger partial charge in [0.1, 0.15) is 5.75 Å². The Labute approximate surface area is 169 Å². The molecule has 0 spiro atoms. The van der Waals surface area contributed by atoms with Crippen molar-refractivity contribution < 1.29 is 32.2 Å². The molecule has 2 aromatic carbocycles. The largest absolute Gasteiger partial charge is 0.494 e. The monoisotopic (exact) mass is 422 g/mol. The first-order chi connectivity index (χ1) is 13.8. The summed E-state index contributed by atoms with van der Waals surface area (Å²) in [6, 6.07) is 9.01. The molecule has 0 aliphatic rings. The van der Waals surface area contributed by atoms with Crippen molar-refractivity contribution in [1.29, 1.82) is 0 Å². The van der Waals surface area contributed by atoms with Crippen molar-refractivity contribution in [2.24, 2.45) is 5.10 Å². The number of methoxy groups -OCH3 is 2. The number of hydrogen-bond acceptors (Lipinski definition) is 8. The summed E-state index contributed by atoms with van der Waals surface area (Å²) in [5.74, 6) is 0.619. The minimum Gasteiger partial charge on any atom is -0.494 e. The van der Waals surface area contributed by atoms with Crippen molar-refractivity contribution in [2.45, 2.75) is 18.7 Å². The number of carbonyl (C=O) groups excluding carboxylic acids is 1. The molecule has 1 N–H and O–H groups in total. The molecule has 10 heteroatoms. The number of hydrogen-bond donors (Lipinski definition) is 1. The van der Waals surface area contributed by atoms with Crippen molar-refractivity contribution in [2.75, 3.05) is 20.8 Å². The van der Waals surface area contributed by atoms with E-state index in [-0.39, 0.29) is 22.1 Å². The minimum atomic E-state index is -3.85. The quantitative estimate of drug-likeness (QED) is 0.286. The highest BCUT2D eigenvalue weighted by Crippen LogP contribution is 2.38. The average molecular weight is 422 g/mol. The smallest absolute Gasteiger partial charge is 0.308 e. The maximum atomic E-state index is 12.3. The molecule has 0 bridgehead atoms. The Morgan fingerprint density at radius 1 is 1.10 bits per heavy atom. The van der Waals surface area contributed by atoms with Crippen molar-refractivity contribution in [3.8, 4) is 23.0 Å². The van der Waals surface area contributed by atoms with Crippen molar-refractivity contribution in [3.05, 3.63) is 42.0 Å². The Kier molecular flexibility index (Phi) is 7.43. The molecule has 0 fully saturated rings. The van der Waals surface area contributed by atoms with Crippen LogP contribution in [0.15, 0.2) is 46.4 Å². The van der Waals surface area contributed by atoms with Crippen LogP contribution >= 0.6 is 0 Å². The Hall–Kier alpha value is -3.27. The molecule has 0 radical (unpaired) electrons. The third kappa shape index (κ3) is 5.85. The van der Waals surface area contributed by atoms with E-state index in [4.69, 9.17) is 18.9 Å². The summed E-state index contributed by atoms with van der Waals surface area (Å²) in [5.41, 5.74) is 0.462. The Bertz CT molecular complexity index is 961. The zero-order chi connectivity index (χ0) is 21.4. The van der Waals surface area contributed by atoms with Gasteiger partial charge in [-0.15, -0.1) is 0 Å². The SMILES string of the molecule is CCOc1ccc(S(=O)(=O)NN=Cc2cc(OC)c(OC(C)=O)c(OC)c2)cc1. The van der Waals surface area contributed by atoms with Gasteiger partial charge in [-0.3, -0.25) is 4.79 Å². The van der Waals surface area contributed by atoms with E-state index in [9.17, 15) is 13.2 Å². The summed E-state index contributed by atoms with van der Waals surface area (Å²) in [6.45, 7) is 3.57. The summed E-state index contributed by atoms with van der Waals surface area (Å²) in [4.78, 5) is 13.4. The first kappa shape index (κ1) is 22.0. The second-order valence-corrected chi connectivity index (χ2v) is 7.27. The van der Waals surface area contributed by atoms with Crippen LogP contribution in [0.1, 0.15) is 19.4 Å². The van der Waals surface area contributed by atoms with E-state index in [2.05, 4.69) is 9.93 Å². The van der Waals surface area contributed by atoms with Crippen LogP contribution in [-0.2, 0) is 14.8 Å². The van der Waals surface area contributed by atoms with Gasteiger partial charge in [-0.1, -0.05) is 0 Å². The lowest BCUT2D eigenvalue weighted by atomic mass is 10.2. The number of esters is 1. The van der Waals surface area contributed by atoms with Gasteiger partial charge in [0.05, 0.1) is 31.9 Å². The summed E-state index contributed by atoms with van der Waals surface area (Å²) in [7, 11) is -1.05. The Morgan fingerprint density at radius 3 is 2.17 bits per heavy atom. The van der Waals surface area contributed by atoms with Crippen molar-refractivity contribution in [1.82, 2.24) is 4.83 Å². The Morgan fingerprint density at radius 2 is 1.69 bits per heavy atom. The number of nitrogens with one attached hydrogen (secondary N) is 1. The first-order valence-corrected chi connectivity index (χ1v) is 10.0. The van der Waals surface area contributed by atoms with Crippen LogP contribution in [-0.4, -0.2) is 41.4 Å². The van der Waals surface area contributed by atoms with Gasteiger partial charge in [-0.2, -0.15) is 13.5 Å². The van der Waals surface area contributed by atoms with Gasteiger partial charge in [-0.05, 0) is 43.3 Å². The molecule has 0 aliphatic carbocycles. The lowest BCUT2D eigenvalue weighted by Crippen LogP contribution is -2.18. The fourth-order valence-electron chi connectivity index (χ4n) is 2.32. The molecule has 156 valence electrons. The summed E-state index contributed by atoms with van der Waals surface area (Å²) in [6.07, 6.45) is 1.27. The van der Waals surface area contributed by atoms with Crippen LogP contribution < -0.4 is 23.8 Å². The van der Waals surface area contributed by atoms with E-state index in [0.717, 1.165) is 0 Å². The van der Waals surface area contributed by atoms with Crippen LogP contribution in [0, 0.1) is 0 Å². The molecule has 0 heterocycles. The van der Waals surface area contributed by atoms with Crippen molar-refractivity contribution in [3.63, 3.8) is 0 Å². The summed E-state index contributed by atoms with van der Waals surface area (Å²) in [5, 5.41) is 3.78.